The zero-order valence-corrected chi connectivity index (χ0v) is 11.8. The zero-order chi connectivity index (χ0) is 12.0. The molecule has 0 N–H and O–H groups in total. The van der Waals surface area contributed by atoms with Gasteiger partial charge in [-0.3, -0.25) is 4.18 Å². The Morgan fingerprint density at radius 3 is 2.69 bits per heavy atom. The van der Waals surface area contributed by atoms with Crippen molar-refractivity contribution in [3.8, 4) is 0 Å². The molecule has 1 aromatic rings. The minimum atomic E-state index is -3.36. The molecular weight excluding hydrogens is 343 g/mol. The first-order valence-corrected chi connectivity index (χ1v) is 7.53. The van der Waals surface area contributed by atoms with Gasteiger partial charge in [-0.25, -0.2) is 0 Å². The molecule has 0 aromatic heterocycles. The molecule has 90 valence electrons. The summed E-state index contributed by atoms with van der Waals surface area (Å²) in [6.45, 7) is 0.783. The second-order valence-electron chi connectivity index (χ2n) is 3.21. The number of hydrogen-bond donors (Lipinski definition) is 0. The molecule has 1 rings (SSSR count). The lowest BCUT2D eigenvalue weighted by atomic mass is 10.2. The Hall–Kier alpha value is -0.180. The van der Waals surface area contributed by atoms with Crippen molar-refractivity contribution in [2.24, 2.45) is 0 Å². The highest BCUT2D eigenvalue weighted by Gasteiger charge is 2.00. The summed E-state index contributed by atoms with van der Waals surface area (Å²) in [6, 6.07) is 7.92. The molecule has 6 heteroatoms. The molecule has 0 saturated heterocycles. The first-order valence-electron chi connectivity index (χ1n) is 4.64. The van der Waals surface area contributed by atoms with Crippen molar-refractivity contribution in [3.63, 3.8) is 0 Å². The second-order valence-corrected chi connectivity index (χ2v) is 6.10. The van der Waals surface area contributed by atoms with Crippen molar-refractivity contribution in [1.29, 1.82) is 0 Å². The molecule has 0 saturated carbocycles. The Balaban J connectivity index is 2.21. The molecule has 0 bridgehead atoms. The summed E-state index contributed by atoms with van der Waals surface area (Å²) in [4.78, 5) is 0. The van der Waals surface area contributed by atoms with Gasteiger partial charge in [-0.05, 0) is 40.3 Å². The van der Waals surface area contributed by atoms with E-state index in [1.807, 2.05) is 24.3 Å². The molecular formula is C10H13IO4S. The monoisotopic (exact) mass is 356 g/mol. The maximum Gasteiger partial charge on any atom is 0.264 e. The van der Waals surface area contributed by atoms with Gasteiger partial charge in [-0.1, -0.05) is 12.1 Å². The fourth-order valence-electron chi connectivity index (χ4n) is 1.06. The third-order valence-corrected chi connectivity index (χ3v) is 2.95. The van der Waals surface area contributed by atoms with E-state index in [2.05, 4.69) is 26.8 Å². The quantitative estimate of drug-likeness (QED) is 0.443. The molecule has 4 nitrogen and oxygen atoms in total. The summed E-state index contributed by atoms with van der Waals surface area (Å²) in [5.74, 6) is 0. The number of benzene rings is 1. The van der Waals surface area contributed by atoms with E-state index in [1.165, 1.54) is 0 Å². The van der Waals surface area contributed by atoms with Crippen LogP contribution in [0.5, 0.6) is 0 Å². The van der Waals surface area contributed by atoms with Crippen LogP contribution >= 0.6 is 22.6 Å². The van der Waals surface area contributed by atoms with Gasteiger partial charge >= 0.3 is 0 Å². The van der Waals surface area contributed by atoms with Crippen molar-refractivity contribution in [2.45, 2.75) is 6.61 Å². The number of ether oxygens (including phenoxy) is 1. The summed E-state index contributed by atoms with van der Waals surface area (Å²) in [5.41, 5.74) is 1.06. The molecule has 0 amide bonds. The maximum atomic E-state index is 10.6. The van der Waals surface area contributed by atoms with Crippen LogP contribution in [-0.4, -0.2) is 27.9 Å². The van der Waals surface area contributed by atoms with E-state index in [4.69, 9.17) is 4.74 Å². The Morgan fingerprint density at radius 1 is 1.31 bits per heavy atom. The van der Waals surface area contributed by atoms with Crippen LogP contribution in [0.2, 0.25) is 0 Å². The average Bonchev–Trinajstić information content (AvgIpc) is 2.15. The molecule has 1 aromatic carbocycles. The molecule has 0 aliphatic carbocycles. The second kappa shape index (κ2) is 6.53. The van der Waals surface area contributed by atoms with Crippen molar-refractivity contribution >= 4 is 32.7 Å². The van der Waals surface area contributed by atoms with Gasteiger partial charge in [0.05, 0.1) is 26.1 Å². The van der Waals surface area contributed by atoms with E-state index < -0.39 is 10.1 Å². The van der Waals surface area contributed by atoms with E-state index in [9.17, 15) is 8.42 Å². The third kappa shape index (κ3) is 6.41. The van der Waals surface area contributed by atoms with Crippen molar-refractivity contribution in [3.05, 3.63) is 33.4 Å². The van der Waals surface area contributed by atoms with Crippen LogP contribution in [0.3, 0.4) is 0 Å². The van der Waals surface area contributed by atoms with E-state index >= 15 is 0 Å². The summed E-state index contributed by atoms with van der Waals surface area (Å²) in [7, 11) is -3.36. The van der Waals surface area contributed by atoms with Crippen molar-refractivity contribution in [1.82, 2.24) is 0 Å². The number of rotatable bonds is 6. The molecule has 0 heterocycles. The molecule has 0 unspecified atom stereocenters. The first kappa shape index (κ1) is 13.9. The molecule has 0 fully saturated rings. The highest BCUT2D eigenvalue weighted by atomic mass is 127. The van der Waals surface area contributed by atoms with Crippen LogP contribution in [0, 0.1) is 3.57 Å². The van der Waals surface area contributed by atoms with Crippen LogP contribution in [-0.2, 0) is 25.6 Å². The highest BCUT2D eigenvalue weighted by molar-refractivity contribution is 14.1. The standard InChI is InChI=1S/C10H13IO4S/c1-16(12,13)15-6-5-14-8-9-3-2-4-10(11)7-9/h2-4,7H,5-6,8H2,1H3. The molecule has 0 aliphatic rings. The van der Waals surface area contributed by atoms with Gasteiger partial charge in [0.1, 0.15) is 0 Å². The van der Waals surface area contributed by atoms with Gasteiger partial charge < -0.3 is 4.74 Å². The Morgan fingerprint density at radius 2 is 2.06 bits per heavy atom. The van der Waals surface area contributed by atoms with Crippen LogP contribution < -0.4 is 0 Å². The van der Waals surface area contributed by atoms with Crippen molar-refractivity contribution in [2.75, 3.05) is 19.5 Å². The minimum absolute atomic E-state index is 0.0583. The third-order valence-electron chi connectivity index (χ3n) is 1.68. The molecule has 0 atom stereocenters. The van der Waals surface area contributed by atoms with Gasteiger partial charge in [0, 0.05) is 3.57 Å². The predicted molar refractivity (Wildman–Crippen MR) is 69.6 cm³/mol. The largest absolute Gasteiger partial charge is 0.374 e. The normalized spacial score (nSPS) is 11.6. The average molecular weight is 356 g/mol. The molecule has 0 radical (unpaired) electrons. The van der Waals surface area contributed by atoms with Gasteiger partial charge in [0.25, 0.3) is 10.1 Å². The molecule has 16 heavy (non-hydrogen) atoms. The smallest absolute Gasteiger partial charge is 0.264 e. The molecule has 0 aliphatic heterocycles. The van der Waals surface area contributed by atoms with E-state index in [1.54, 1.807) is 0 Å². The predicted octanol–water partition coefficient (Wildman–Crippen LogP) is 1.78. The van der Waals surface area contributed by atoms with Gasteiger partial charge in [0.15, 0.2) is 0 Å². The highest BCUT2D eigenvalue weighted by Crippen LogP contribution is 2.08. The Labute approximate surface area is 109 Å². The topological polar surface area (TPSA) is 52.6 Å². The van der Waals surface area contributed by atoms with Crippen LogP contribution in [0.25, 0.3) is 0 Å². The summed E-state index contributed by atoms with van der Waals surface area (Å²) in [6.07, 6.45) is 1.02. The zero-order valence-electron chi connectivity index (χ0n) is 8.85. The Bertz CT molecular complexity index is 430. The summed E-state index contributed by atoms with van der Waals surface area (Å²) < 4.78 is 32.2. The van der Waals surface area contributed by atoms with E-state index in [-0.39, 0.29) is 13.2 Å². The van der Waals surface area contributed by atoms with Crippen LogP contribution in [0.15, 0.2) is 24.3 Å². The summed E-state index contributed by atoms with van der Waals surface area (Å²) >= 11 is 2.22. The molecule has 0 spiro atoms. The fraction of sp³-hybridized carbons (Fsp3) is 0.400. The Kier molecular flexibility index (Phi) is 5.67. The van der Waals surface area contributed by atoms with E-state index in [0.717, 1.165) is 15.4 Å². The van der Waals surface area contributed by atoms with Crippen LogP contribution in [0.1, 0.15) is 5.56 Å². The maximum absolute atomic E-state index is 10.6. The summed E-state index contributed by atoms with van der Waals surface area (Å²) in [5, 5.41) is 0. The van der Waals surface area contributed by atoms with Gasteiger partial charge in [0.2, 0.25) is 0 Å². The number of hydrogen-bond acceptors (Lipinski definition) is 4. The minimum Gasteiger partial charge on any atom is -0.374 e. The lowest BCUT2D eigenvalue weighted by Crippen LogP contribution is -2.09. The lowest BCUT2D eigenvalue weighted by molar-refractivity contribution is 0.0910. The van der Waals surface area contributed by atoms with Gasteiger partial charge in [-0.15, -0.1) is 0 Å². The van der Waals surface area contributed by atoms with Crippen molar-refractivity contribution < 1.29 is 17.3 Å². The first-order chi connectivity index (χ1) is 7.47. The van der Waals surface area contributed by atoms with E-state index in [0.29, 0.717) is 6.61 Å². The van der Waals surface area contributed by atoms with Crippen LogP contribution in [0.4, 0.5) is 0 Å². The fourth-order valence-corrected chi connectivity index (χ4v) is 2.04. The lowest BCUT2D eigenvalue weighted by Gasteiger charge is -2.04. The van der Waals surface area contributed by atoms with Gasteiger partial charge in [-0.2, -0.15) is 8.42 Å². The SMILES string of the molecule is CS(=O)(=O)OCCOCc1cccc(I)c1. The number of halogens is 1.